The molecule has 8 heteroatoms. The van der Waals surface area contributed by atoms with Gasteiger partial charge >= 0.3 is 5.97 Å². The summed E-state index contributed by atoms with van der Waals surface area (Å²) >= 11 is 0. The number of benzene rings is 3. The van der Waals surface area contributed by atoms with Crippen molar-refractivity contribution >= 4 is 29.0 Å². The van der Waals surface area contributed by atoms with E-state index < -0.39 is 5.97 Å². The molecule has 0 aliphatic carbocycles. The van der Waals surface area contributed by atoms with Gasteiger partial charge in [0, 0.05) is 29.9 Å². The fourth-order valence-corrected chi connectivity index (χ4v) is 4.73. The van der Waals surface area contributed by atoms with Crippen LogP contribution in [0.25, 0.3) is 22.5 Å². The second-order valence-electron chi connectivity index (χ2n) is 8.97. The molecule has 0 saturated carbocycles. The summed E-state index contributed by atoms with van der Waals surface area (Å²) in [7, 11) is 0. The van der Waals surface area contributed by atoms with Crippen molar-refractivity contribution < 1.29 is 9.53 Å². The van der Waals surface area contributed by atoms with Crippen molar-refractivity contribution in [3.8, 4) is 22.5 Å². The summed E-state index contributed by atoms with van der Waals surface area (Å²) in [5, 5.41) is 8.86. The summed E-state index contributed by atoms with van der Waals surface area (Å²) in [6.07, 6.45) is 2.05. The molecular weight excluding hydrogens is 476 g/mol. The molecule has 0 bridgehead atoms. The van der Waals surface area contributed by atoms with Gasteiger partial charge in [0.25, 0.3) is 5.95 Å². The lowest BCUT2D eigenvalue weighted by molar-refractivity contribution is 0.0527. The first-order chi connectivity index (χ1) is 18.6. The number of anilines is 2. The van der Waals surface area contributed by atoms with Crippen molar-refractivity contribution in [2.75, 3.05) is 30.3 Å². The van der Waals surface area contributed by atoms with Gasteiger partial charge in [-0.3, -0.25) is 0 Å². The van der Waals surface area contributed by atoms with E-state index >= 15 is 0 Å². The predicted octanol–water partition coefficient (Wildman–Crippen LogP) is 6.76. The van der Waals surface area contributed by atoms with Crippen LogP contribution in [0.15, 0.2) is 83.0 Å². The van der Waals surface area contributed by atoms with E-state index in [0.29, 0.717) is 22.8 Å². The molecule has 2 N–H and O–H groups in total. The molecular formula is C30H30N6O2. The number of ether oxygens (including phenoxy) is 1. The van der Waals surface area contributed by atoms with E-state index in [1.54, 1.807) is 6.92 Å². The molecule has 0 radical (unpaired) electrons. The van der Waals surface area contributed by atoms with E-state index in [1.807, 2.05) is 72.8 Å². The van der Waals surface area contributed by atoms with Crippen LogP contribution in [-0.4, -0.2) is 35.6 Å². The molecule has 1 aromatic heterocycles. The second-order valence-corrected chi connectivity index (χ2v) is 8.97. The highest BCUT2D eigenvalue weighted by molar-refractivity contribution is 6.02. The van der Waals surface area contributed by atoms with Crippen molar-refractivity contribution in [1.29, 1.82) is 0 Å². The molecule has 0 spiro atoms. The second kappa shape index (κ2) is 11.2. The van der Waals surface area contributed by atoms with Crippen molar-refractivity contribution in [2.45, 2.75) is 26.7 Å². The number of fused-ring (bicyclic) bond motifs is 1. The van der Waals surface area contributed by atoms with Crippen LogP contribution in [0.5, 0.6) is 0 Å². The Bertz CT molecular complexity index is 1410. The number of hydrogen-bond acceptors (Lipinski definition) is 8. The topological polar surface area (TPSA) is 106 Å². The molecule has 1 aliphatic heterocycles. The lowest BCUT2D eigenvalue weighted by atomic mass is 10.00. The number of carbonyl (C=O) groups is 1. The number of aromatic nitrogens is 2. The molecule has 192 valence electrons. The Kier molecular flexibility index (Phi) is 7.40. The minimum atomic E-state index is -0.492. The van der Waals surface area contributed by atoms with Gasteiger partial charge < -0.3 is 15.4 Å². The van der Waals surface area contributed by atoms with Crippen LogP contribution in [-0.2, 0) is 11.2 Å². The molecule has 38 heavy (non-hydrogen) atoms. The number of hydrogen-bond donors (Lipinski definition) is 1. The molecule has 5 rings (SSSR count). The summed E-state index contributed by atoms with van der Waals surface area (Å²) in [5.41, 5.74) is 12.5. The number of carbonyl (C=O) groups excluding carboxylic acids is 1. The average molecular weight is 507 g/mol. The van der Waals surface area contributed by atoms with E-state index in [0.717, 1.165) is 42.7 Å². The Labute approximate surface area is 222 Å². The zero-order chi connectivity index (χ0) is 26.5. The van der Waals surface area contributed by atoms with Gasteiger partial charge in [0.05, 0.1) is 23.7 Å². The first-order valence-electron chi connectivity index (χ1n) is 12.9. The molecule has 0 fully saturated rings. The van der Waals surface area contributed by atoms with E-state index in [9.17, 15) is 4.79 Å². The fourth-order valence-electron chi connectivity index (χ4n) is 4.73. The first-order valence-corrected chi connectivity index (χ1v) is 12.9. The van der Waals surface area contributed by atoms with Crippen LogP contribution in [0.4, 0.5) is 23.0 Å². The highest BCUT2D eigenvalue weighted by Gasteiger charge is 2.24. The van der Waals surface area contributed by atoms with Crippen LogP contribution in [0.2, 0.25) is 0 Å². The summed E-state index contributed by atoms with van der Waals surface area (Å²) in [6, 6.07) is 22.9. The predicted molar refractivity (Wildman–Crippen MR) is 150 cm³/mol. The Balaban J connectivity index is 1.64. The quantitative estimate of drug-likeness (QED) is 0.169. The van der Waals surface area contributed by atoms with Crippen molar-refractivity contribution in [3.63, 3.8) is 0 Å². The van der Waals surface area contributed by atoms with E-state index in [1.165, 1.54) is 5.56 Å². The molecule has 0 atom stereocenters. The average Bonchev–Trinajstić information content (AvgIpc) is 2.96. The molecule has 3 aromatic carbocycles. The van der Waals surface area contributed by atoms with Crippen LogP contribution >= 0.6 is 0 Å². The minimum absolute atomic E-state index is 0.128. The highest BCUT2D eigenvalue weighted by atomic mass is 16.5. The molecule has 0 unspecified atom stereocenters. The molecule has 0 amide bonds. The summed E-state index contributed by atoms with van der Waals surface area (Å²) in [5.74, 6) is -0.365. The Hall–Kier alpha value is -4.59. The molecule has 0 saturated heterocycles. The molecule has 2 heterocycles. The van der Waals surface area contributed by atoms with Crippen LogP contribution in [0, 0.1) is 0 Å². The maximum Gasteiger partial charge on any atom is 0.342 e. The number of nitrogens with zero attached hydrogens (tertiary/aromatic N) is 5. The van der Waals surface area contributed by atoms with Crippen LogP contribution in [0.1, 0.15) is 36.2 Å². The highest BCUT2D eigenvalue weighted by Crippen LogP contribution is 2.37. The van der Waals surface area contributed by atoms with Crippen LogP contribution < -0.4 is 10.6 Å². The van der Waals surface area contributed by atoms with Crippen molar-refractivity contribution in [3.05, 3.63) is 83.9 Å². The van der Waals surface area contributed by atoms with E-state index in [2.05, 4.69) is 32.0 Å². The third kappa shape index (κ3) is 5.11. The standard InChI is InChI=1S/C30H30N6O2/c1-3-36-17-11-16-22-18-24(23(31)19-25(22)36)34-35-30-32-27(20-12-7-5-8-13-20)26(29(37)38-4-2)28(33-30)21-14-9-6-10-15-21/h5-10,12-15,18-19H,3-4,11,16-17,31H2,1-2H3. The van der Waals surface area contributed by atoms with Crippen LogP contribution in [0.3, 0.4) is 0 Å². The third-order valence-corrected chi connectivity index (χ3v) is 6.54. The number of nitrogens with two attached hydrogens (primary N) is 1. The van der Waals surface area contributed by atoms with Gasteiger partial charge in [-0.25, -0.2) is 14.8 Å². The zero-order valence-electron chi connectivity index (χ0n) is 21.6. The van der Waals surface area contributed by atoms with Crippen molar-refractivity contribution in [2.24, 2.45) is 10.2 Å². The zero-order valence-corrected chi connectivity index (χ0v) is 21.6. The molecule has 8 nitrogen and oxygen atoms in total. The Morgan fingerprint density at radius 3 is 2.16 bits per heavy atom. The Morgan fingerprint density at radius 2 is 1.58 bits per heavy atom. The van der Waals surface area contributed by atoms with Gasteiger partial charge in [0.15, 0.2) is 0 Å². The summed E-state index contributed by atoms with van der Waals surface area (Å²) in [6.45, 7) is 6.10. The number of azo groups is 1. The SMILES string of the molecule is CCOC(=O)c1c(-c2ccccc2)nc(N=Nc2cc3c(cc2N)N(CC)CCC3)nc1-c1ccccc1. The van der Waals surface area contributed by atoms with Gasteiger partial charge in [0.1, 0.15) is 11.3 Å². The smallest absolute Gasteiger partial charge is 0.342 e. The van der Waals surface area contributed by atoms with Gasteiger partial charge in [-0.2, -0.15) is 0 Å². The van der Waals surface area contributed by atoms with Gasteiger partial charge in [0.2, 0.25) is 0 Å². The van der Waals surface area contributed by atoms with Crippen molar-refractivity contribution in [1.82, 2.24) is 9.97 Å². The van der Waals surface area contributed by atoms with E-state index in [-0.39, 0.29) is 18.1 Å². The maximum absolute atomic E-state index is 13.2. The minimum Gasteiger partial charge on any atom is -0.462 e. The van der Waals surface area contributed by atoms with Gasteiger partial charge in [-0.05, 0) is 44.4 Å². The Morgan fingerprint density at radius 1 is 0.947 bits per heavy atom. The number of rotatable bonds is 7. The van der Waals surface area contributed by atoms with E-state index in [4.69, 9.17) is 10.5 Å². The largest absolute Gasteiger partial charge is 0.462 e. The summed E-state index contributed by atoms with van der Waals surface area (Å²) in [4.78, 5) is 24.8. The summed E-state index contributed by atoms with van der Waals surface area (Å²) < 4.78 is 5.41. The fraction of sp³-hybridized carbons (Fsp3) is 0.233. The number of aryl methyl sites for hydroxylation is 1. The lowest BCUT2D eigenvalue weighted by Gasteiger charge is -2.30. The normalized spacial score (nSPS) is 12.9. The third-order valence-electron chi connectivity index (χ3n) is 6.54. The van der Waals surface area contributed by atoms with Gasteiger partial charge in [-0.1, -0.05) is 60.7 Å². The van der Waals surface area contributed by atoms with Gasteiger partial charge in [-0.15, -0.1) is 10.2 Å². The molecule has 1 aliphatic rings. The first kappa shape index (κ1) is 25.1. The number of esters is 1. The molecule has 4 aromatic rings. The number of nitrogen functional groups attached to an aromatic ring is 1. The monoisotopic (exact) mass is 506 g/mol. The lowest BCUT2D eigenvalue weighted by Crippen LogP contribution is -2.28. The maximum atomic E-state index is 13.2.